The Hall–Kier alpha value is -1.33. The molecule has 1 aliphatic rings. The van der Waals surface area contributed by atoms with Crippen LogP contribution in [0.4, 0.5) is 5.69 Å². The number of nitrogens with two attached hydrogens (primary N) is 1. The van der Waals surface area contributed by atoms with Crippen molar-refractivity contribution in [1.82, 2.24) is 9.88 Å². The van der Waals surface area contributed by atoms with E-state index in [1.54, 1.807) is 6.20 Å². The van der Waals surface area contributed by atoms with Crippen LogP contribution in [0, 0.1) is 6.92 Å². The number of ether oxygens (including phenoxy) is 2. The summed E-state index contributed by atoms with van der Waals surface area (Å²) in [5, 5.41) is 0. The van der Waals surface area contributed by atoms with Gasteiger partial charge in [-0.15, -0.1) is 0 Å². The SMILES string of the molecule is Cc1cnc(OCC2CN(C)CCO2)c(N)c1. The first-order chi connectivity index (χ1) is 8.15. The first-order valence-corrected chi connectivity index (χ1v) is 5.80. The minimum atomic E-state index is 0.0938. The number of aryl methyl sites for hydroxylation is 1. The fourth-order valence-corrected chi connectivity index (χ4v) is 1.84. The van der Waals surface area contributed by atoms with Crippen molar-refractivity contribution < 1.29 is 9.47 Å². The van der Waals surface area contributed by atoms with E-state index < -0.39 is 0 Å². The summed E-state index contributed by atoms with van der Waals surface area (Å²) in [5.41, 5.74) is 7.43. The molecule has 17 heavy (non-hydrogen) atoms. The van der Waals surface area contributed by atoms with Crippen LogP contribution in [0.3, 0.4) is 0 Å². The normalized spacial score (nSPS) is 21.4. The summed E-state index contributed by atoms with van der Waals surface area (Å²) in [6.07, 6.45) is 1.84. The number of hydrogen-bond donors (Lipinski definition) is 1. The molecule has 0 saturated carbocycles. The fourth-order valence-electron chi connectivity index (χ4n) is 1.84. The molecule has 2 rings (SSSR count). The van der Waals surface area contributed by atoms with Crippen molar-refractivity contribution in [2.75, 3.05) is 39.1 Å². The standard InChI is InChI=1S/C12H19N3O2/c1-9-5-11(13)12(14-6-9)17-8-10-7-15(2)3-4-16-10/h5-6,10H,3-4,7-8,13H2,1-2H3. The number of morpholine rings is 1. The fraction of sp³-hybridized carbons (Fsp3) is 0.583. The number of aromatic nitrogens is 1. The molecule has 0 bridgehead atoms. The van der Waals surface area contributed by atoms with Crippen molar-refractivity contribution in [3.63, 3.8) is 0 Å². The third-order valence-corrected chi connectivity index (χ3v) is 2.76. The predicted octanol–water partition coefficient (Wildman–Crippen LogP) is 0.682. The van der Waals surface area contributed by atoms with Crippen LogP contribution in [0.15, 0.2) is 12.3 Å². The number of nitrogens with zero attached hydrogens (tertiary/aromatic N) is 2. The molecule has 1 fully saturated rings. The van der Waals surface area contributed by atoms with Crippen LogP contribution in [-0.4, -0.2) is 49.3 Å². The van der Waals surface area contributed by atoms with E-state index in [0.717, 1.165) is 25.3 Å². The van der Waals surface area contributed by atoms with E-state index in [4.69, 9.17) is 15.2 Å². The van der Waals surface area contributed by atoms with E-state index in [2.05, 4.69) is 16.9 Å². The van der Waals surface area contributed by atoms with E-state index in [0.29, 0.717) is 18.2 Å². The number of hydrogen-bond acceptors (Lipinski definition) is 5. The summed E-state index contributed by atoms with van der Waals surface area (Å²) < 4.78 is 11.2. The number of rotatable bonds is 3. The quantitative estimate of drug-likeness (QED) is 0.837. The van der Waals surface area contributed by atoms with Crippen LogP contribution in [0.5, 0.6) is 5.88 Å². The molecular weight excluding hydrogens is 218 g/mol. The highest BCUT2D eigenvalue weighted by Crippen LogP contribution is 2.19. The van der Waals surface area contributed by atoms with Gasteiger partial charge in [-0.3, -0.25) is 0 Å². The van der Waals surface area contributed by atoms with E-state index in [9.17, 15) is 0 Å². The van der Waals surface area contributed by atoms with Crippen molar-refractivity contribution >= 4 is 5.69 Å². The molecule has 0 spiro atoms. The molecule has 1 aromatic heterocycles. The third kappa shape index (κ3) is 3.31. The molecule has 1 saturated heterocycles. The Morgan fingerprint density at radius 1 is 1.65 bits per heavy atom. The lowest BCUT2D eigenvalue weighted by Crippen LogP contribution is -2.42. The van der Waals surface area contributed by atoms with Crippen molar-refractivity contribution in [2.24, 2.45) is 0 Å². The van der Waals surface area contributed by atoms with Crippen LogP contribution in [0.2, 0.25) is 0 Å². The Bertz CT molecular complexity index is 384. The molecule has 1 atom stereocenters. The maximum Gasteiger partial charge on any atom is 0.237 e. The zero-order valence-corrected chi connectivity index (χ0v) is 10.3. The van der Waals surface area contributed by atoms with Gasteiger partial charge in [0.2, 0.25) is 5.88 Å². The first-order valence-electron chi connectivity index (χ1n) is 5.80. The molecule has 0 amide bonds. The molecule has 0 aliphatic carbocycles. The number of anilines is 1. The highest BCUT2D eigenvalue weighted by atomic mass is 16.5. The Morgan fingerprint density at radius 3 is 3.18 bits per heavy atom. The lowest BCUT2D eigenvalue weighted by Gasteiger charge is -2.29. The molecule has 2 heterocycles. The number of nitrogen functional groups attached to an aromatic ring is 1. The van der Waals surface area contributed by atoms with E-state index >= 15 is 0 Å². The van der Waals surface area contributed by atoms with Crippen molar-refractivity contribution in [1.29, 1.82) is 0 Å². The Labute approximate surface area is 102 Å². The highest BCUT2D eigenvalue weighted by Gasteiger charge is 2.18. The van der Waals surface area contributed by atoms with Gasteiger partial charge in [-0.05, 0) is 25.6 Å². The van der Waals surface area contributed by atoms with Crippen molar-refractivity contribution in [3.8, 4) is 5.88 Å². The smallest absolute Gasteiger partial charge is 0.237 e. The van der Waals surface area contributed by atoms with E-state index in [1.165, 1.54) is 0 Å². The van der Waals surface area contributed by atoms with Gasteiger partial charge in [-0.25, -0.2) is 4.98 Å². The predicted molar refractivity (Wildman–Crippen MR) is 66.1 cm³/mol. The first kappa shape index (κ1) is 12.1. The molecule has 5 nitrogen and oxygen atoms in total. The summed E-state index contributed by atoms with van der Waals surface area (Å²) in [6, 6.07) is 1.86. The van der Waals surface area contributed by atoms with Gasteiger partial charge < -0.3 is 20.1 Å². The molecule has 5 heteroatoms. The monoisotopic (exact) mass is 237 g/mol. The topological polar surface area (TPSA) is 60.6 Å². The minimum Gasteiger partial charge on any atom is -0.473 e. The average Bonchev–Trinajstić information content (AvgIpc) is 2.28. The van der Waals surface area contributed by atoms with Gasteiger partial charge in [0, 0.05) is 19.3 Å². The molecular formula is C12H19N3O2. The summed E-state index contributed by atoms with van der Waals surface area (Å²) in [7, 11) is 2.08. The van der Waals surface area contributed by atoms with Crippen molar-refractivity contribution in [3.05, 3.63) is 17.8 Å². The van der Waals surface area contributed by atoms with Crippen LogP contribution in [-0.2, 0) is 4.74 Å². The zero-order chi connectivity index (χ0) is 12.3. The molecule has 1 aliphatic heterocycles. The summed E-state index contributed by atoms with van der Waals surface area (Å²) in [5.74, 6) is 0.493. The third-order valence-electron chi connectivity index (χ3n) is 2.76. The van der Waals surface area contributed by atoms with Gasteiger partial charge in [0.05, 0.1) is 12.3 Å². The van der Waals surface area contributed by atoms with E-state index in [1.807, 2.05) is 13.0 Å². The largest absolute Gasteiger partial charge is 0.473 e. The van der Waals surface area contributed by atoms with Gasteiger partial charge in [0.15, 0.2) is 0 Å². The maximum absolute atomic E-state index is 5.83. The Morgan fingerprint density at radius 2 is 2.47 bits per heavy atom. The summed E-state index contributed by atoms with van der Waals surface area (Å²) in [6.45, 7) is 5.05. The lowest BCUT2D eigenvalue weighted by atomic mass is 10.3. The zero-order valence-electron chi connectivity index (χ0n) is 10.3. The van der Waals surface area contributed by atoms with Crippen LogP contribution < -0.4 is 10.5 Å². The average molecular weight is 237 g/mol. The second-order valence-electron chi connectivity index (χ2n) is 4.47. The Kier molecular flexibility index (Phi) is 3.81. The van der Waals surface area contributed by atoms with Crippen molar-refractivity contribution in [2.45, 2.75) is 13.0 Å². The second-order valence-corrected chi connectivity index (χ2v) is 4.47. The lowest BCUT2D eigenvalue weighted by molar-refractivity contribution is -0.0408. The van der Waals surface area contributed by atoms with Gasteiger partial charge in [0.1, 0.15) is 12.7 Å². The van der Waals surface area contributed by atoms with Crippen LogP contribution >= 0.6 is 0 Å². The Balaban J connectivity index is 1.88. The molecule has 1 aromatic rings. The maximum atomic E-state index is 5.83. The van der Waals surface area contributed by atoms with Crippen LogP contribution in [0.1, 0.15) is 5.56 Å². The molecule has 0 aromatic carbocycles. The highest BCUT2D eigenvalue weighted by molar-refractivity contribution is 5.49. The molecule has 2 N–H and O–H groups in total. The molecule has 94 valence electrons. The summed E-state index contributed by atoms with van der Waals surface area (Å²) in [4.78, 5) is 6.39. The van der Waals surface area contributed by atoms with E-state index in [-0.39, 0.29) is 6.10 Å². The minimum absolute atomic E-state index is 0.0938. The number of likely N-dealkylation sites (N-methyl/N-ethyl adjacent to an activating group) is 1. The van der Waals surface area contributed by atoms with Crippen LogP contribution in [0.25, 0.3) is 0 Å². The van der Waals surface area contributed by atoms with Gasteiger partial charge in [-0.1, -0.05) is 0 Å². The number of pyridine rings is 1. The molecule has 0 radical (unpaired) electrons. The van der Waals surface area contributed by atoms with Gasteiger partial charge >= 0.3 is 0 Å². The van der Waals surface area contributed by atoms with Gasteiger partial charge in [-0.2, -0.15) is 0 Å². The molecule has 1 unspecified atom stereocenters. The summed E-state index contributed by atoms with van der Waals surface area (Å²) >= 11 is 0. The second kappa shape index (κ2) is 5.33. The van der Waals surface area contributed by atoms with Gasteiger partial charge in [0.25, 0.3) is 0 Å².